The lowest BCUT2D eigenvalue weighted by Crippen LogP contribution is -2.38. The molecule has 0 spiro atoms. The largest absolute Gasteiger partial charge is 0.355 e. The number of hydrogen-bond donors (Lipinski definition) is 2. The van der Waals surface area contributed by atoms with E-state index in [2.05, 4.69) is 5.32 Å². The van der Waals surface area contributed by atoms with Crippen LogP contribution in [0.5, 0.6) is 0 Å². The Kier molecular flexibility index (Phi) is 6.74. The van der Waals surface area contributed by atoms with Crippen LogP contribution in [0.3, 0.4) is 0 Å². The molecular formula is C9H19N3O2. The molecule has 0 aromatic rings. The van der Waals surface area contributed by atoms with E-state index < -0.39 is 0 Å². The zero-order chi connectivity index (χ0) is 11.0. The zero-order valence-electron chi connectivity index (χ0n) is 8.88. The lowest BCUT2D eigenvalue weighted by Gasteiger charge is -2.16. The summed E-state index contributed by atoms with van der Waals surface area (Å²) >= 11 is 0. The molecule has 0 rings (SSSR count). The molecule has 0 aliphatic heterocycles. The number of nitrogens with one attached hydrogen (secondary N) is 1. The molecule has 0 saturated carbocycles. The molecule has 0 aliphatic carbocycles. The van der Waals surface area contributed by atoms with E-state index in [1.807, 2.05) is 6.92 Å². The monoisotopic (exact) mass is 201 g/mol. The second-order valence-corrected chi connectivity index (χ2v) is 3.10. The molecule has 0 heterocycles. The third-order valence-corrected chi connectivity index (χ3v) is 1.78. The summed E-state index contributed by atoms with van der Waals surface area (Å²) in [6, 6.07) is 0. The SMILES string of the molecule is CCNC(=O)CN(C)C(=O)CCCN. The molecule has 3 N–H and O–H groups in total. The number of carbonyl (C=O) groups is 2. The van der Waals surface area contributed by atoms with Crippen molar-refractivity contribution in [3.63, 3.8) is 0 Å². The average Bonchev–Trinajstić information content (AvgIpc) is 2.14. The van der Waals surface area contributed by atoms with Crippen molar-refractivity contribution in [1.29, 1.82) is 0 Å². The molecule has 5 heteroatoms. The molecule has 82 valence electrons. The highest BCUT2D eigenvalue weighted by Crippen LogP contribution is 1.93. The van der Waals surface area contributed by atoms with Gasteiger partial charge in [0.15, 0.2) is 0 Å². The molecule has 0 saturated heterocycles. The summed E-state index contributed by atoms with van der Waals surface area (Å²) in [4.78, 5) is 23.9. The molecule has 0 aromatic carbocycles. The van der Waals surface area contributed by atoms with Crippen molar-refractivity contribution >= 4 is 11.8 Å². The summed E-state index contributed by atoms with van der Waals surface area (Å²) in [5.41, 5.74) is 5.28. The maximum atomic E-state index is 11.3. The van der Waals surface area contributed by atoms with Crippen LogP contribution in [-0.2, 0) is 9.59 Å². The highest BCUT2D eigenvalue weighted by molar-refractivity contribution is 5.84. The molecule has 0 aromatic heterocycles. The third kappa shape index (κ3) is 5.53. The summed E-state index contributed by atoms with van der Waals surface area (Å²) in [5, 5.41) is 2.63. The number of likely N-dealkylation sites (N-methyl/N-ethyl adjacent to an activating group) is 2. The van der Waals surface area contributed by atoms with E-state index in [4.69, 9.17) is 5.73 Å². The Bertz CT molecular complexity index is 194. The Morgan fingerprint density at radius 3 is 2.57 bits per heavy atom. The normalized spacial score (nSPS) is 9.64. The van der Waals surface area contributed by atoms with Crippen molar-refractivity contribution in [1.82, 2.24) is 10.2 Å². The maximum absolute atomic E-state index is 11.3. The highest BCUT2D eigenvalue weighted by Gasteiger charge is 2.11. The van der Waals surface area contributed by atoms with Crippen LogP contribution in [-0.4, -0.2) is 43.4 Å². The zero-order valence-corrected chi connectivity index (χ0v) is 8.88. The number of amides is 2. The van der Waals surface area contributed by atoms with Crippen LogP contribution in [0, 0.1) is 0 Å². The Morgan fingerprint density at radius 1 is 1.43 bits per heavy atom. The smallest absolute Gasteiger partial charge is 0.239 e. The van der Waals surface area contributed by atoms with E-state index in [9.17, 15) is 9.59 Å². The van der Waals surface area contributed by atoms with Gasteiger partial charge >= 0.3 is 0 Å². The van der Waals surface area contributed by atoms with Gasteiger partial charge in [0.1, 0.15) is 0 Å². The van der Waals surface area contributed by atoms with E-state index in [0.29, 0.717) is 25.9 Å². The molecule has 0 fully saturated rings. The highest BCUT2D eigenvalue weighted by atomic mass is 16.2. The first-order valence-corrected chi connectivity index (χ1v) is 4.82. The van der Waals surface area contributed by atoms with Crippen LogP contribution in [0.1, 0.15) is 19.8 Å². The second-order valence-electron chi connectivity index (χ2n) is 3.10. The fourth-order valence-corrected chi connectivity index (χ4v) is 1.00. The molecule has 5 nitrogen and oxygen atoms in total. The van der Waals surface area contributed by atoms with Gasteiger partial charge in [-0.15, -0.1) is 0 Å². The molecule has 0 radical (unpaired) electrons. The Morgan fingerprint density at radius 2 is 2.07 bits per heavy atom. The quantitative estimate of drug-likeness (QED) is 0.598. The summed E-state index contributed by atoms with van der Waals surface area (Å²) in [7, 11) is 1.62. The Balaban J connectivity index is 3.76. The summed E-state index contributed by atoms with van der Waals surface area (Å²) in [6.45, 7) is 3.05. The number of hydrogen-bond acceptors (Lipinski definition) is 3. The number of nitrogens with zero attached hydrogens (tertiary/aromatic N) is 1. The standard InChI is InChI=1S/C9H19N3O2/c1-3-11-8(13)7-12(2)9(14)5-4-6-10/h3-7,10H2,1-2H3,(H,11,13). The summed E-state index contributed by atoms with van der Waals surface area (Å²) in [6.07, 6.45) is 1.07. The fraction of sp³-hybridized carbons (Fsp3) is 0.778. The van der Waals surface area contributed by atoms with E-state index in [1.54, 1.807) is 7.05 Å². The van der Waals surface area contributed by atoms with Gasteiger partial charge in [-0.2, -0.15) is 0 Å². The van der Waals surface area contributed by atoms with Crippen LogP contribution < -0.4 is 11.1 Å². The van der Waals surface area contributed by atoms with Crippen molar-refractivity contribution < 1.29 is 9.59 Å². The van der Waals surface area contributed by atoms with Gasteiger partial charge in [0, 0.05) is 20.0 Å². The summed E-state index contributed by atoms with van der Waals surface area (Å²) in [5.74, 6) is -0.169. The van der Waals surface area contributed by atoms with Gasteiger partial charge in [-0.05, 0) is 19.9 Å². The van der Waals surface area contributed by atoms with Gasteiger partial charge in [0.2, 0.25) is 11.8 Å². The van der Waals surface area contributed by atoms with Gasteiger partial charge in [0.25, 0.3) is 0 Å². The lowest BCUT2D eigenvalue weighted by molar-refractivity contribution is -0.134. The fourth-order valence-electron chi connectivity index (χ4n) is 1.00. The van der Waals surface area contributed by atoms with Crippen LogP contribution in [0.4, 0.5) is 0 Å². The van der Waals surface area contributed by atoms with Crippen LogP contribution in [0.15, 0.2) is 0 Å². The molecule has 2 amide bonds. The third-order valence-electron chi connectivity index (χ3n) is 1.78. The topological polar surface area (TPSA) is 75.4 Å². The minimum atomic E-state index is -0.129. The van der Waals surface area contributed by atoms with E-state index in [1.165, 1.54) is 4.90 Å². The predicted octanol–water partition coefficient (Wildman–Crippen LogP) is -0.680. The maximum Gasteiger partial charge on any atom is 0.239 e. The minimum absolute atomic E-state index is 0.0401. The number of carbonyl (C=O) groups excluding carboxylic acids is 2. The molecular weight excluding hydrogens is 182 g/mol. The van der Waals surface area contributed by atoms with Crippen molar-refractivity contribution in [2.24, 2.45) is 5.73 Å². The first-order chi connectivity index (χ1) is 6.61. The van der Waals surface area contributed by atoms with Crippen LogP contribution in [0.2, 0.25) is 0 Å². The van der Waals surface area contributed by atoms with E-state index >= 15 is 0 Å². The van der Waals surface area contributed by atoms with Crippen molar-refractivity contribution in [2.45, 2.75) is 19.8 Å². The first-order valence-electron chi connectivity index (χ1n) is 4.82. The van der Waals surface area contributed by atoms with Gasteiger partial charge in [-0.25, -0.2) is 0 Å². The van der Waals surface area contributed by atoms with Gasteiger partial charge in [0.05, 0.1) is 6.54 Å². The van der Waals surface area contributed by atoms with Crippen molar-refractivity contribution in [2.75, 3.05) is 26.7 Å². The molecule has 0 unspecified atom stereocenters. The Labute approximate surface area is 84.6 Å². The van der Waals surface area contributed by atoms with Gasteiger partial charge < -0.3 is 16.0 Å². The number of rotatable bonds is 6. The Hall–Kier alpha value is -1.10. The van der Waals surface area contributed by atoms with E-state index in [0.717, 1.165) is 0 Å². The lowest BCUT2D eigenvalue weighted by atomic mass is 10.3. The predicted molar refractivity (Wildman–Crippen MR) is 54.6 cm³/mol. The van der Waals surface area contributed by atoms with E-state index in [-0.39, 0.29) is 18.4 Å². The van der Waals surface area contributed by atoms with Gasteiger partial charge in [-0.3, -0.25) is 9.59 Å². The van der Waals surface area contributed by atoms with Crippen molar-refractivity contribution in [3.05, 3.63) is 0 Å². The van der Waals surface area contributed by atoms with Crippen LogP contribution in [0.25, 0.3) is 0 Å². The minimum Gasteiger partial charge on any atom is -0.355 e. The average molecular weight is 201 g/mol. The number of nitrogens with two attached hydrogens (primary N) is 1. The summed E-state index contributed by atoms with van der Waals surface area (Å²) < 4.78 is 0. The van der Waals surface area contributed by atoms with Crippen LogP contribution >= 0.6 is 0 Å². The molecule has 0 atom stereocenters. The second kappa shape index (κ2) is 7.32. The van der Waals surface area contributed by atoms with Gasteiger partial charge in [-0.1, -0.05) is 0 Å². The molecule has 0 bridgehead atoms. The first kappa shape index (κ1) is 12.9. The molecule has 0 aliphatic rings. The van der Waals surface area contributed by atoms with Crippen molar-refractivity contribution in [3.8, 4) is 0 Å². The molecule has 14 heavy (non-hydrogen) atoms.